The molecule has 0 amide bonds. The van der Waals surface area contributed by atoms with Crippen molar-refractivity contribution in [3.8, 4) is 0 Å². The lowest BCUT2D eigenvalue weighted by molar-refractivity contribution is 1.09. The maximum absolute atomic E-state index is 4.50. The van der Waals surface area contributed by atoms with Gasteiger partial charge in [-0.2, -0.15) is 0 Å². The normalized spacial score (nSPS) is 11.5. The molecule has 94 valence electrons. The third kappa shape index (κ3) is 2.25. The molecule has 0 N–H and O–H groups in total. The maximum Gasteiger partial charge on any atom is 0.182 e. The Balaban J connectivity index is 2.06. The maximum atomic E-state index is 4.50. The van der Waals surface area contributed by atoms with Crippen molar-refractivity contribution in [2.75, 3.05) is 0 Å². The van der Waals surface area contributed by atoms with E-state index in [4.69, 9.17) is 0 Å². The van der Waals surface area contributed by atoms with E-state index in [2.05, 4.69) is 22.1 Å². The van der Waals surface area contributed by atoms with Crippen molar-refractivity contribution in [2.45, 2.75) is 13.8 Å². The fourth-order valence-corrected chi connectivity index (χ4v) is 1.97. The zero-order valence-electron chi connectivity index (χ0n) is 10.9. The highest BCUT2D eigenvalue weighted by Gasteiger charge is 2.07. The smallest absolute Gasteiger partial charge is 0.182 e. The molecule has 0 radical (unpaired) electrons. The molecule has 4 heteroatoms. The molecule has 0 unspecified atom stereocenters. The average molecular weight is 250 g/mol. The summed E-state index contributed by atoms with van der Waals surface area (Å²) in [5, 5.41) is 8.57. The Hall–Kier alpha value is -2.49. The molecular formula is C15H14N4. The number of aryl methyl sites for hydroxylation is 2. The van der Waals surface area contributed by atoms with E-state index in [9.17, 15) is 0 Å². The minimum Gasteiger partial charge on any atom is -0.283 e. The van der Waals surface area contributed by atoms with E-state index in [0.717, 1.165) is 22.8 Å². The first kappa shape index (κ1) is 11.6. The second-order valence-corrected chi connectivity index (χ2v) is 4.49. The fourth-order valence-electron chi connectivity index (χ4n) is 1.97. The average Bonchev–Trinajstić information content (AvgIpc) is 2.72. The van der Waals surface area contributed by atoms with Crippen LogP contribution in [0.2, 0.25) is 0 Å². The zero-order chi connectivity index (χ0) is 13.2. The Morgan fingerprint density at radius 2 is 1.79 bits per heavy atom. The number of aromatic nitrogens is 2. The summed E-state index contributed by atoms with van der Waals surface area (Å²) in [6, 6.07) is 13.8. The molecular weight excluding hydrogens is 236 g/mol. The SMILES string of the molecule is Cc1ccn2c(N=Nc3ccccc3)c(C)nc2c1. The summed E-state index contributed by atoms with van der Waals surface area (Å²) >= 11 is 0. The number of pyridine rings is 1. The van der Waals surface area contributed by atoms with Crippen LogP contribution in [0.4, 0.5) is 11.5 Å². The van der Waals surface area contributed by atoms with E-state index in [1.165, 1.54) is 5.56 Å². The van der Waals surface area contributed by atoms with E-state index >= 15 is 0 Å². The van der Waals surface area contributed by atoms with Crippen molar-refractivity contribution in [2.24, 2.45) is 10.2 Å². The molecule has 1 aromatic carbocycles. The number of imidazole rings is 1. The summed E-state index contributed by atoms with van der Waals surface area (Å²) in [5.41, 5.74) is 3.80. The lowest BCUT2D eigenvalue weighted by Gasteiger charge is -1.97. The van der Waals surface area contributed by atoms with Crippen molar-refractivity contribution in [1.82, 2.24) is 9.38 Å². The van der Waals surface area contributed by atoms with E-state index < -0.39 is 0 Å². The predicted molar refractivity (Wildman–Crippen MR) is 75.3 cm³/mol. The number of azo groups is 1. The summed E-state index contributed by atoms with van der Waals surface area (Å²) in [4.78, 5) is 4.50. The van der Waals surface area contributed by atoms with E-state index in [0.29, 0.717) is 0 Å². The molecule has 0 fully saturated rings. The molecule has 0 atom stereocenters. The van der Waals surface area contributed by atoms with Crippen molar-refractivity contribution >= 4 is 17.2 Å². The van der Waals surface area contributed by atoms with Gasteiger partial charge >= 0.3 is 0 Å². The van der Waals surface area contributed by atoms with Gasteiger partial charge in [0.05, 0.1) is 11.4 Å². The zero-order valence-corrected chi connectivity index (χ0v) is 10.9. The van der Waals surface area contributed by atoms with Crippen LogP contribution < -0.4 is 0 Å². The van der Waals surface area contributed by atoms with Crippen LogP contribution in [0, 0.1) is 13.8 Å². The lowest BCUT2D eigenvalue weighted by Crippen LogP contribution is -1.83. The van der Waals surface area contributed by atoms with Gasteiger partial charge in [0.1, 0.15) is 5.65 Å². The van der Waals surface area contributed by atoms with Gasteiger partial charge in [-0.15, -0.1) is 10.2 Å². The van der Waals surface area contributed by atoms with Gasteiger partial charge in [-0.05, 0) is 43.7 Å². The number of rotatable bonds is 2. The van der Waals surface area contributed by atoms with Crippen LogP contribution in [-0.4, -0.2) is 9.38 Å². The number of hydrogen-bond acceptors (Lipinski definition) is 3. The largest absolute Gasteiger partial charge is 0.283 e. The second-order valence-electron chi connectivity index (χ2n) is 4.49. The summed E-state index contributed by atoms with van der Waals surface area (Å²) in [6.45, 7) is 4.00. The Kier molecular flexibility index (Phi) is 2.83. The van der Waals surface area contributed by atoms with Crippen LogP contribution in [0.5, 0.6) is 0 Å². The van der Waals surface area contributed by atoms with Crippen LogP contribution in [0.3, 0.4) is 0 Å². The molecule has 0 saturated heterocycles. The van der Waals surface area contributed by atoms with Gasteiger partial charge in [-0.1, -0.05) is 18.2 Å². The van der Waals surface area contributed by atoms with Gasteiger partial charge in [-0.25, -0.2) is 4.98 Å². The van der Waals surface area contributed by atoms with E-state index in [1.54, 1.807) is 0 Å². The van der Waals surface area contributed by atoms with Crippen LogP contribution in [0.15, 0.2) is 58.9 Å². The molecule has 2 aromatic heterocycles. The van der Waals surface area contributed by atoms with Crippen molar-refractivity contribution in [3.63, 3.8) is 0 Å². The summed E-state index contributed by atoms with van der Waals surface area (Å²) in [5.74, 6) is 0.777. The Labute approximate surface area is 111 Å². The molecule has 0 aliphatic carbocycles. The number of nitrogens with zero attached hydrogens (tertiary/aromatic N) is 4. The van der Waals surface area contributed by atoms with E-state index in [-0.39, 0.29) is 0 Å². The van der Waals surface area contributed by atoms with Crippen molar-refractivity contribution in [3.05, 3.63) is 59.9 Å². The third-order valence-electron chi connectivity index (χ3n) is 2.94. The van der Waals surface area contributed by atoms with E-state index in [1.807, 2.05) is 60.0 Å². The minimum absolute atomic E-state index is 0.777. The van der Waals surface area contributed by atoms with Gasteiger partial charge < -0.3 is 0 Å². The van der Waals surface area contributed by atoms with Crippen LogP contribution in [-0.2, 0) is 0 Å². The van der Waals surface area contributed by atoms with Crippen LogP contribution >= 0.6 is 0 Å². The summed E-state index contributed by atoms with van der Waals surface area (Å²) < 4.78 is 1.95. The molecule has 2 heterocycles. The van der Waals surface area contributed by atoms with Gasteiger partial charge in [0, 0.05) is 6.20 Å². The summed E-state index contributed by atoms with van der Waals surface area (Å²) in [7, 11) is 0. The summed E-state index contributed by atoms with van der Waals surface area (Å²) in [6.07, 6.45) is 1.98. The molecule has 19 heavy (non-hydrogen) atoms. The minimum atomic E-state index is 0.777. The monoisotopic (exact) mass is 250 g/mol. The molecule has 4 nitrogen and oxygen atoms in total. The van der Waals surface area contributed by atoms with Crippen molar-refractivity contribution < 1.29 is 0 Å². The molecule has 0 bridgehead atoms. The molecule has 0 saturated carbocycles. The molecule has 0 aliphatic rings. The quantitative estimate of drug-likeness (QED) is 0.623. The Bertz CT molecular complexity index is 741. The third-order valence-corrected chi connectivity index (χ3v) is 2.94. The highest BCUT2D eigenvalue weighted by molar-refractivity contribution is 5.53. The number of benzene rings is 1. The highest BCUT2D eigenvalue weighted by Crippen LogP contribution is 2.23. The first-order valence-corrected chi connectivity index (χ1v) is 6.16. The van der Waals surface area contributed by atoms with Gasteiger partial charge in [0.15, 0.2) is 5.82 Å². The lowest BCUT2D eigenvalue weighted by atomic mass is 10.3. The molecule has 0 aliphatic heterocycles. The van der Waals surface area contributed by atoms with Gasteiger partial charge in [-0.3, -0.25) is 4.40 Å². The van der Waals surface area contributed by atoms with Gasteiger partial charge in [0.2, 0.25) is 0 Å². The molecule has 3 rings (SSSR count). The van der Waals surface area contributed by atoms with Gasteiger partial charge in [0.25, 0.3) is 0 Å². The Morgan fingerprint density at radius 1 is 1.00 bits per heavy atom. The first-order valence-electron chi connectivity index (χ1n) is 6.16. The number of hydrogen-bond donors (Lipinski definition) is 0. The van der Waals surface area contributed by atoms with Crippen LogP contribution in [0.1, 0.15) is 11.3 Å². The number of fused-ring (bicyclic) bond motifs is 1. The highest BCUT2D eigenvalue weighted by atomic mass is 15.2. The molecule has 3 aromatic rings. The second kappa shape index (κ2) is 4.65. The first-order chi connectivity index (χ1) is 9.24. The van der Waals surface area contributed by atoms with Crippen molar-refractivity contribution in [1.29, 1.82) is 0 Å². The topological polar surface area (TPSA) is 42.0 Å². The predicted octanol–water partition coefficient (Wildman–Crippen LogP) is 4.37. The molecule has 0 spiro atoms. The fraction of sp³-hybridized carbons (Fsp3) is 0.133. The van der Waals surface area contributed by atoms with Crippen LogP contribution in [0.25, 0.3) is 5.65 Å². The Morgan fingerprint density at radius 3 is 2.58 bits per heavy atom. The standard InChI is InChI=1S/C15H14N4/c1-11-8-9-19-14(10-11)16-12(2)15(19)18-17-13-6-4-3-5-7-13/h3-10H,1-2H3.